The number of alkyl carbamates (subject to hydrolysis) is 1. The third-order valence-electron chi connectivity index (χ3n) is 4.44. The van der Waals surface area contributed by atoms with Gasteiger partial charge in [0.25, 0.3) is 0 Å². The maximum absolute atomic E-state index is 13.4. The predicted octanol–water partition coefficient (Wildman–Crippen LogP) is 3.55. The molecule has 2 unspecified atom stereocenters. The maximum atomic E-state index is 13.4. The molecule has 30 heavy (non-hydrogen) atoms. The van der Waals surface area contributed by atoms with Crippen molar-refractivity contribution in [3.05, 3.63) is 35.9 Å². The second-order valence-electron chi connectivity index (χ2n) is 9.90. The first kappa shape index (κ1) is 23.7. The molecule has 2 N–H and O–H groups in total. The molecule has 0 bridgehead atoms. The highest BCUT2D eigenvalue weighted by atomic mass is 16.6. The summed E-state index contributed by atoms with van der Waals surface area (Å²) in [6.45, 7) is 12.6. The Bertz CT molecular complexity index is 761. The Hall–Kier alpha value is -2.57. The molecule has 0 aromatic heterocycles. The number of hydrogen-bond acceptors (Lipinski definition) is 4. The Morgan fingerprint density at radius 3 is 2.07 bits per heavy atom. The normalized spacial score (nSPS) is 16.2. The molecule has 0 heterocycles. The third kappa shape index (κ3) is 7.04. The van der Waals surface area contributed by atoms with Gasteiger partial charge < -0.3 is 20.3 Å². The van der Waals surface area contributed by atoms with E-state index < -0.39 is 29.3 Å². The summed E-state index contributed by atoms with van der Waals surface area (Å²) in [6.07, 6.45) is 1.00. The largest absolute Gasteiger partial charge is 0.444 e. The molecular weight excluding hydrogens is 382 g/mol. The molecule has 0 spiro atoms. The van der Waals surface area contributed by atoms with E-state index in [2.05, 4.69) is 10.6 Å². The summed E-state index contributed by atoms with van der Waals surface area (Å²) >= 11 is 0. The van der Waals surface area contributed by atoms with Crippen LogP contribution in [0.2, 0.25) is 0 Å². The van der Waals surface area contributed by atoms with Crippen LogP contribution in [0.25, 0.3) is 0 Å². The molecule has 1 fully saturated rings. The van der Waals surface area contributed by atoms with Gasteiger partial charge >= 0.3 is 6.09 Å². The average Bonchev–Trinajstić information content (AvgIpc) is 3.41. The Balaban J connectivity index is 2.29. The molecule has 1 aliphatic carbocycles. The van der Waals surface area contributed by atoms with Crippen LogP contribution in [0, 0.1) is 0 Å². The first-order valence-corrected chi connectivity index (χ1v) is 10.5. The summed E-state index contributed by atoms with van der Waals surface area (Å²) in [6, 6.07) is 7.65. The van der Waals surface area contributed by atoms with Gasteiger partial charge in [-0.3, -0.25) is 9.59 Å². The van der Waals surface area contributed by atoms with E-state index in [-0.39, 0.29) is 17.9 Å². The van der Waals surface area contributed by atoms with Crippen molar-refractivity contribution in [2.45, 2.75) is 90.6 Å². The van der Waals surface area contributed by atoms with Gasteiger partial charge in [0, 0.05) is 11.6 Å². The van der Waals surface area contributed by atoms with E-state index in [1.165, 1.54) is 0 Å². The van der Waals surface area contributed by atoms with Gasteiger partial charge in [0.1, 0.15) is 17.7 Å². The minimum Gasteiger partial charge on any atom is -0.444 e. The van der Waals surface area contributed by atoms with Gasteiger partial charge in [0.15, 0.2) is 0 Å². The van der Waals surface area contributed by atoms with Gasteiger partial charge in [-0.15, -0.1) is 0 Å². The van der Waals surface area contributed by atoms with Crippen molar-refractivity contribution < 1.29 is 19.1 Å². The van der Waals surface area contributed by atoms with E-state index in [9.17, 15) is 14.4 Å². The Morgan fingerprint density at radius 2 is 1.60 bits per heavy atom. The van der Waals surface area contributed by atoms with Crippen LogP contribution < -0.4 is 10.6 Å². The highest BCUT2D eigenvalue weighted by Crippen LogP contribution is 2.35. The maximum Gasteiger partial charge on any atom is 0.408 e. The second kappa shape index (κ2) is 9.06. The van der Waals surface area contributed by atoms with E-state index in [4.69, 9.17) is 4.74 Å². The lowest BCUT2D eigenvalue weighted by Gasteiger charge is -2.35. The molecule has 1 aromatic carbocycles. The Morgan fingerprint density at radius 1 is 1.03 bits per heavy atom. The summed E-state index contributed by atoms with van der Waals surface area (Å²) in [7, 11) is 0. The fourth-order valence-corrected chi connectivity index (χ4v) is 3.15. The van der Waals surface area contributed by atoms with Gasteiger partial charge in [-0.1, -0.05) is 30.3 Å². The van der Waals surface area contributed by atoms with Crippen molar-refractivity contribution in [1.29, 1.82) is 0 Å². The Labute approximate surface area is 179 Å². The highest BCUT2D eigenvalue weighted by molar-refractivity contribution is 5.92. The van der Waals surface area contributed by atoms with Crippen molar-refractivity contribution in [3.63, 3.8) is 0 Å². The highest BCUT2D eigenvalue weighted by Gasteiger charge is 2.43. The topological polar surface area (TPSA) is 87.7 Å². The van der Waals surface area contributed by atoms with Gasteiger partial charge in [0.05, 0.1) is 0 Å². The lowest BCUT2D eigenvalue weighted by atomic mass is 10.0. The number of nitrogens with one attached hydrogen (secondary N) is 2. The number of benzene rings is 1. The van der Waals surface area contributed by atoms with E-state index in [0.717, 1.165) is 18.4 Å². The molecule has 0 saturated heterocycles. The van der Waals surface area contributed by atoms with E-state index in [1.54, 1.807) is 32.6 Å². The zero-order valence-electron chi connectivity index (χ0n) is 19.1. The molecule has 166 valence electrons. The van der Waals surface area contributed by atoms with Crippen molar-refractivity contribution in [1.82, 2.24) is 15.5 Å². The molecule has 1 saturated carbocycles. The van der Waals surface area contributed by atoms with E-state index in [1.807, 2.05) is 51.1 Å². The summed E-state index contributed by atoms with van der Waals surface area (Å²) < 4.78 is 5.27. The van der Waals surface area contributed by atoms with Crippen LogP contribution >= 0.6 is 0 Å². The summed E-state index contributed by atoms with van der Waals surface area (Å²) in [5, 5.41) is 5.61. The number of hydrogen-bond donors (Lipinski definition) is 2. The summed E-state index contributed by atoms with van der Waals surface area (Å²) in [5.74, 6) is -0.542. The zero-order valence-corrected chi connectivity index (χ0v) is 19.1. The summed E-state index contributed by atoms with van der Waals surface area (Å²) in [5.41, 5.74) is -0.366. The van der Waals surface area contributed by atoms with Crippen LogP contribution in [0.4, 0.5) is 4.79 Å². The van der Waals surface area contributed by atoms with Gasteiger partial charge in [-0.05, 0) is 66.9 Å². The molecule has 0 radical (unpaired) electrons. The number of nitrogens with zero attached hydrogens (tertiary/aromatic N) is 1. The van der Waals surface area contributed by atoms with Crippen LogP contribution in [-0.4, -0.2) is 46.0 Å². The monoisotopic (exact) mass is 417 g/mol. The molecule has 1 aliphatic rings. The average molecular weight is 418 g/mol. The standard InChI is InChI=1S/C23H35N3O4/c1-15(24-21(29)30-23(5,6)7)20(28)26(17-13-14-17)18(16-11-9-8-10-12-16)19(27)25-22(2,3)4/h8-12,15,17-18H,13-14H2,1-7H3,(H,24,29)(H,25,27). The van der Waals surface area contributed by atoms with Crippen molar-refractivity contribution in [2.24, 2.45) is 0 Å². The molecule has 2 atom stereocenters. The SMILES string of the molecule is CC(NC(=O)OC(C)(C)C)C(=O)N(C1CC1)C(C(=O)NC(C)(C)C)c1ccccc1. The lowest BCUT2D eigenvalue weighted by Crippen LogP contribution is -2.54. The molecule has 1 aromatic rings. The van der Waals surface area contributed by atoms with Crippen molar-refractivity contribution in [3.8, 4) is 0 Å². The second-order valence-corrected chi connectivity index (χ2v) is 9.90. The van der Waals surface area contributed by atoms with Gasteiger partial charge in [0.2, 0.25) is 11.8 Å². The van der Waals surface area contributed by atoms with Crippen LogP contribution in [0.1, 0.15) is 72.9 Å². The first-order valence-electron chi connectivity index (χ1n) is 10.5. The number of amides is 3. The lowest BCUT2D eigenvalue weighted by molar-refractivity contribution is -0.143. The summed E-state index contributed by atoms with van der Waals surface area (Å²) in [4.78, 5) is 40.4. The molecule has 7 nitrogen and oxygen atoms in total. The van der Waals surface area contributed by atoms with Crippen molar-refractivity contribution >= 4 is 17.9 Å². The van der Waals surface area contributed by atoms with Crippen LogP contribution in [-0.2, 0) is 14.3 Å². The van der Waals surface area contributed by atoms with E-state index >= 15 is 0 Å². The first-order chi connectivity index (χ1) is 13.8. The van der Waals surface area contributed by atoms with Crippen LogP contribution in [0.15, 0.2) is 30.3 Å². The van der Waals surface area contributed by atoms with Crippen molar-refractivity contribution in [2.75, 3.05) is 0 Å². The minimum atomic E-state index is -0.825. The predicted molar refractivity (Wildman–Crippen MR) is 116 cm³/mol. The molecule has 3 amide bonds. The molecule has 0 aliphatic heterocycles. The number of rotatable bonds is 6. The molecule has 2 rings (SSSR count). The fraction of sp³-hybridized carbons (Fsp3) is 0.609. The number of carbonyl (C=O) groups is 3. The quantitative estimate of drug-likeness (QED) is 0.741. The van der Waals surface area contributed by atoms with Crippen LogP contribution in [0.3, 0.4) is 0 Å². The smallest absolute Gasteiger partial charge is 0.408 e. The van der Waals surface area contributed by atoms with Crippen LogP contribution in [0.5, 0.6) is 0 Å². The number of carbonyl (C=O) groups excluding carboxylic acids is 3. The van der Waals surface area contributed by atoms with Gasteiger partial charge in [-0.2, -0.15) is 0 Å². The Kier molecular flexibility index (Phi) is 7.16. The molecular formula is C23H35N3O4. The van der Waals surface area contributed by atoms with Gasteiger partial charge in [-0.25, -0.2) is 4.79 Å². The zero-order chi connectivity index (χ0) is 22.7. The fourth-order valence-electron chi connectivity index (χ4n) is 3.15. The minimum absolute atomic E-state index is 0.0312. The molecule has 7 heteroatoms. The third-order valence-corrected chi connectivity index (χ3v) is 4.44. The number of ether oxygens (including phenoxy) is 1. The van der Waals surface area contributed by atoms with E-state index in [0.29, 0.717) is 0 Å².